The maximum atomic E-state index is 11.4. The lowest BCUT2D eigenvalue weighted by Gasteiger charge is -2.05. The van der Waals surface area contributed by atoms with E-state index in [4.69, 9.17) is 0 Å². The smallest absolute Gasteiger partial charge is 0.338 e. The Morgan fingerprint density at radius 3 is 2.05 bits per heavy atom. The first kappa shape index (κ1) is 31.2. The average molecular weight is 508 g/mol. The summed E-state index contributed by atoms with van der Waals surface area (Å²) in [5.74, 6) is 0.00556. The fourth-order valence-electron chi connectivity index (χ4n) is 3.04. The van der Waals surface area contributed by atoms with Crippen LogP contribution in [-0.4, -0.2) is 44.2 Å². The van der Waals surface area contributed by atoms with Gasteiger partial charge in [-0.3, -0.25) is 0 Å². The minimum absolute atomic E-state index is 0.314. The zero-order chi connectivity index (χ0) is 27.6. The number of ether oxygens (including phenoxy) is 2. The number of allylic oxidation sites excluding steroid dienone is 4. The second kappa shape index (κ2) is 17.5. The third-order valence-corrected chi connectivity index (χ3v) is 5.11. The molecule has 0 aliphatic heterocycles. The Morgan fingerprint density at radius 1 is 0.811 bits per heavy atom. The molecule has 1 aromatic carbocycles. The molecule has 0 saturated carbocycles. The largest absolute Gasteiger partial charge is 0.465 e. The van der Waals surface area contributed by atoms with E-state index in [2.05, 4.69) is 64.1 Å². The molecule has 0 amide bonds. The predicted octanol–water partition coefficient (Wildman–Crippen LogP) is 6.82. The van der Waals surface area contributed by atoms with Gasteiger partial charge in [0.2, 0.25) is 0 Å². The first-order valence-electron chi connectivity index (χ1n) is 12.3. The fraction of sp³-hybridized carbons (Fsp3) is 0.367. The number of aromatic nitrogens is 1. The molecule has 0 atom stereocenters. The Kier molecular flexibility index (Phi) is 14.8. The quantitative estimate of drug-likeness (QED) is 0.255. The van der Waals surface area contributed by atoms with Crippen molar-refractivity contribution >= 4 is 23.4 Å². The van der Waals surface area contributed by atoms with Crippen LogP contribution in [0, 0.1) is 0 Å². The summed E-state index contributed by atoms with van der Waals surface area (Å²) in [7, 11) is 2.75. The molecule has 2 N–H and O–H groups in total. The van der Waals surface area contributed by atoms with Gasteiger partial charge in [0, 0.05) is 25.0 Å². The highest BCUT2D eigenvalue weighted by molar-refractivity contribution is 5.90. The van der Waals surface area contributed by atoms with E-state index >= 15 is 0 Å². The number of rotatable bonds is 11. The van der Waals surface area contributed by atoms with E-state index in [1.807, 2.05) is 26.0 Å². The Hall–Kier alpha value is -3.87. The van der Waals surface area contributed by atoms with Gasteiger partial charge in [-0.25, -0.2) is 14.6 Å². The van der Waals surface area contributed by atoms with Gasteiger partial charge in [0.25, 0.3) is 0 Å². The third kappa shape index (κ3) is 13.7. The minimum Gasteiger partial charge on any atom is -0.465 e. The molecule has 2 rings (SSSR count). The number of anilines is 2. The van der Waals surface area contributed by atoms with Crippen LogP contribution in [0.3, 0.4) is 0 Å². The van der Waals surface area contributed by atoms with Crippen LogP contribution in [0.1, 0.15) is 68.2 Å². The lowest BCUT2D eigenvalue weighted by molar-refractivity contribution is 0.0592. The fourth-order valence-corrected chi connectivity index (χ4v) is 3.04. The number of hydrogen-bond acceptors (Lipinski definition) is 7. The number of carbonyl (C=O) groups excluding carboxylic acids is 2. The molecule has 0 bridgehead atoms. The van der Waals surface area contributed by atoms with Gasteiger partial charge in [0.15, 0.2) is 0 Å². The summed E-state index contributed by atoms with van der Waals surface area (Å²) < 4.78 is 9.34. The number of benzene rings is 1. The molecule has 1 heterocycles. The van der Waals surface area contributed by atoms with Crippen molar-refractivity contribution in [2.45, 2.75) is 47.5 Å². The van der Waals surface area contributed by atoms with E-state index in [0.717, 1.165) is 25.1 Å². The van der Waals surface area contributed by atoms with Gasteiger partial charge in [-0.2, -0.15) is 0 Å². The van der Waals surface area contributed by atoms with Crippen LogP contribution in [-0.2, 0) is 9.47 Å². The van der Waals surface area contributed by atoms with Gasteiger partial charge in [0.1, 0.15) is 5.82 Å². The number of carbonyl (C=O) groups is 2. The third-order valence-electron chi connectivity index (χ3n) is 5.11. The molecule has 1 aromatic heterocycles. The van der Waals surface area contributed by atoms with Gasteiger partial charge in [-0.15, -0.1) is 0 Å². The number of hydrogen-bond donors (Lipinski definition) is 2. The number of nitrogens with one attached hydrogen (secondary N) is 2. The normalized spacial score (nSPS) is 10.3. The van der Waals surface area contributed by atoms with Crippen molar-refractivity contribution in [1.82, 2.24) is 4.98 Å². The molecule has 7 heteroatoms. The second-order valence-electron chi connectivity index (χ2n) is 8.91. The minimum atomic E-state index is -0.353. The summed E-state index contributed by atoms with van der Waals surface area (Å²) in [5, 5.41) is 6.39. The van der Waals surface area contributed by atoms with E-state index in [-0.39, 0.29) is 11.9 Å². The number of pyridine rings is 1. The van der Waals surface area contributed by atoms with Crippen molar-refractivity contribution < 1.29 is 19.1 Å². The van der Waals surface area contributed by atoms with Gasteiger partial charge in [-0.1, -0.05) is 41.0 Å². The molecule has 7 nitrogen and oxygen atoms in total. The first-order chi connectivity index (χ1) is 17.7. The molecule has 0 saturated heterocycles. The van der Waals surface area contributed by atoms with Gasteiger partial charge in [0.05, 0.1) is 25.3 Å². The van der Waals surface area contributed by atoms with Crippen molar-refractivity contribution in [2.75, 3.05) is 37.9 Å². The standard InChI is InChI=1S/C17H24N2O2.C13H17NO2/c1-13(2)6-5-7-14(3)8-10-18-16-12-15(9-11-19-16)17(20)21-4;1-10(2)7-8-14-12-6-4-5-11(9-12)13(15)16-3/h6,8-9,11-12H,5,7,10H2,1-4H3,(H,18,19);4-7,9,14H,8H2,1-3H3/b14-8+;. The lowest BCUT2D eigenvalue weighted by Crippen LogP contribution is -2.05. The van der Waals surface area contributed by atoms with Crippen molar-refractivity contribution in [1.29, 1.82) is 0 Å². The Labute approximate surface area is 221 Å². The van der Waals surface area contributed by atoms with E-state index in [9.17, 15) is 9.59 Å². The van der Waals surface area contributed by atoms with Crippen LogP contribution >= 0.6 is 0 Å². The highest BCUT2D eigenvalue weighted by atomic mass is 16.5. The zero-order valence-corrected chi connectivity index (χ0v) is 23.2. The summed E-state index contributed by atoms with van der Waals surface area (Å²) in [5.41, 5.74) is 5.93. The lowest BCUT2D eigenvalue weighted by atomic mass is 10.1. The molecular formula is C30H41N3O4. The Bertz CT molecular complexity index is 1100. The summed E-state index contributed by atoms with van der Waals surface area (Å²) >= 11 is 0. The molecule has 0 radical (unpaired) electrons. The first-order valence-corrected chi connectivity index (χ1v) is 12.3. The summed E-state index contributed by atoms with van der Waals surface area (Å²) in [6.07, 6.45) is 10.2. The molecule has 37 heavy (non-hydrogen) atoms. The van der Waals surface area contributed by atoms with Gasteiger partial charge >= 0.3 is 11.9 Å². The Balaban J connectivity index is 0.000000384. The maximum absolute atomic E-state index is 11.4. The number of nitrogens with zero attached hydrogens (tertiary/aromatic N) is 1. The average Bonchev–Trinajstić information content (AvgIpc) is 2.88. The van der Waals surface area contributed by atoms with Crippen molar-refractivity contribution in [3.05, 3.63) is 88.7 Å². The van der Waals surface area contributed by atoms with Gasteiger partial charge in [-0.05, 0) is 77.8 Å². The molecular weight excluding hydrogens is 466 g/mol. The SMILES string of the molecule is COC(=O)c1cccc(NCC=C(C)C)c1.COC(=O)c1ccnc(NC/C=C(\C)CCC=C(C)C)c1. The summed E-state index contributed by atoms with van der Waals surface area (Å²) in [4.78, 5) is 26.9. The topological polar surface area (TPSA) is 89.5 Å². The molecule has 0 fully saturated rings. The monoisotopic (exact) mass is 507 g/mol. The van der Waals surface area contributed by atoms with Crippen LogP contribution in [0.5, 0.6) is 0 Å². The van der Waals surface area contributed by atoms with Gasteiger partial charge < -0.3 is 20.1 Å². The highest BCUT2D eigenvalue weighted by Crippen LogP contribution is 2.12. The van der Waals surface area contributed by atoms with Crippen LogP contribution in [0.2, 0.25) is 0 Å². The van der Waals surface area contributed by atoms with E-state index in [1.54, 1.807) is 30.5 Å². The van der Waals surface area contributed by atoms with E-state index in [0.29, 0.717) is 23.5 Å². The molecule has 0 aliphatic carbocycles. The highest BCUT2D eigenvalue weighted by Gasteiger charge is 2.06. The van der Waals surface area contributed by atoms with Crippen LogP contribution in [0.25, 0.3) is 0 Å². The maximum Gasteiger partial charge on any atom is 0.338 e. The van der Waals surface area contributed by atoms with E-state index in [1.165, 1.54) is 30.9 Å². The molecule has 200 valence electrons. The van der Waals surface area contributed by atoms with Crippen molar-refractivity contribution in [2.24, 2.45) is 0 Å². The molecule has 0 aliphatic rings. The zero-order valence-electron chi connectivity index (χ0n) is 23.2. The van der Waals surface area contributed by atoms with Crippen LogP contribution in [0.4, 0.5) is 11.5 Å². The molecule has 0 unspecified atom stereocenters. The molecule has 2 aromatic rings. The summed E-state index contributed by atoms with van der Waals surface area (Å²) in [6.45, 7) is 11.9. The predicted molar refractivity (Wildman–Crippen MR) is 152 cm³/mol. The summed E-state index contributed by atoms with van der Waals surface area (Å²) in [6, 6.07) is 10.6. The second-order valence-corrected chi connectivity index (χ2v) is 8.91. The van der Waals surface area contributed by atoms with Crippen molar-refractivity contribution in [3.8, 4) is 0 Å². The number of esters is 2. The number of methoxy groups -OCH3 is 2. The van der Waals surface area contributed by atoms with E-state index < -0.39 is 0 Å². The molecule has 0 spiro atoms. The van der Waals surface area contributed by atoms with Crippen LogP contribution < -0.4 is 10.6 Å². The van der Waals surface area contributed by atoms with Crippen molar-refractivity contribution in [3.63, 3.8) is 0 Å². The Morgan fingerprint density at radius 2 is 1.43 bits per heavy atom. The van der Waals surface area contributed by atoms with Crippen LogP contribution in [0.15, 0.2) is 77.5 Å².